The lowest BCUT2D eigenvalue weighted by atomic mass is 9.68. The summed E-state index contributed by atoms with van der Waals surface area (Å²) in [6, 6.07) is 0. The molecule has 2 aliphatic carbocycles. The molecule has 2 saturated carbocycles. The number of hydrogen-bond acceptors (Lipinski definition) is 3. The minimum atomic E-state index is -0.924. The van der Waals surface area contributed by atoms with Crippen LogP contribution in [0.4, 0.5) is 0 Å². The van der Waals surface area contributed by atoms with Gasteiger partial charge >= 0.3 is 5.97 Å². The molecule has 3 aliphatic rings. The van der Waals surface area contributed by atoms with Gasteiger partial charge in [0.2, 0.25) is 5.91 Å². The van der Waals surface area contributed by atoms with E-state index in [9.17, 15) is 9.59 Å². The average Bonchev–Trinajstić information content (AvgIpc) is 2.90. The van der Waals surface area contributed by atoms with Crippen LogP contribution < -0.4 is 5.32 Å². The van der Waals surface area contributed by atoms with Gasteiger partial charge in [0.25, 0.3) is 0 Å². The summed E-state index contributed by atoms with van der Waals surface area (Å²) in [7, 11) is 0. The normalized spacial score (nSPS) is 34.8. The first-order chi connectivity index (χ1) is 8.58. The van der Waals surface area contributed by atoms with E-state index in [-0.39, 0.29) is 29.8 Å². The summed E-state index contributed by atoms with van der Waals surface area (Å²) >= 11 is 0. The van der Waals surface area contributed by atoms with Crippen molar-refractivity contribution in [3.8, 4) is 0 Å². The van der Waals surface area contributed by atoms with Crippen LogP contribution in [-0.4, -0.2) is 35.7 Å². The molecule has 0 aromatic heterocycles. The molecule has 3 fully saturated rings. The quantitative estimate of drug-likeness (QED) is 0.764. The molecule has 0 aromatic rings. The van der Waals surface area contributed by atoms with Crippen molar-refractivity contribution in [3.63, 3.8) is 0 Å². The molecule has 18 heavy (non-hydrogen) atoms. The summed E-state index contributed by atoms with van der Waals surface area (Å²) in [6.07, 6.45) is 4.60. The predicted molar refractivity (Wildman–Crippen MR) is 63.0 cm³/mol. The molecule has 100 valence electrons. The van der Waals surface area contributed by atoms with Gasteiger partial charge in [-0.05, 0) is 31.6 Å². The molecule has 0 bridgehead atoms. The second-order valence-corrected chi connectivity index (χ2v) is 5.89. The van der Waals surface area contributed by atoms with E-state index in [1.54, 1.807) is 0 Å². The molecular formula is C13H19NO4. The van der Waals surface area contributed by atoms with E-state index in [4.69, 9.17) is 9.84 Å². The van der Waals surface area contributed by atoms with Crippen LogP contribution in [0, 0.1) is 11.3 Å². The molecule has 1 aliphatic heterocycles. The van der Waals surface area contributed by atoms with Gasteiger partial charge in [0.05, 0.1) is 18.6 Å². The highest BCUT2D eigenvalue weighted by Gasteiger charge is 2.73. The molecule has 5 heteroatoms. The van der Waals surface area contributed by atoms with Gasteiger partial charge in [-0.25, -0.2) is 0 Å². The Bertz CT molecular complexity index is 390. The third-order valence-electron chi connectivity index (χ3n) is 5.03. The lowest BCUT2D eigenvalue weighted by Crippen LogP contribution is -2.50. The minimum absolute atomic E-state index is 0.0394. The Labute approximate surface area is 106 Å². The van der Waals surface area contributed by atoms with Gasteiger partial charge in [-0.15, -0.1) is 0 Å². The maximum absolute atomic E-state index is 11.6. The Morgan fingerprint density at radius 2 is 2.11 bits per heavy atom. The first-order valence-electron chi connectivity index (χ1n) is 6.70. The highest BCUT2D eigenvalue weighted by Crippen LogP contribution is 2.70. The number of carbonyl (C=O) groups is 2. The van der Waals surface area contributed by atoms with Crippen LogP contribution in [0.15, 0.2) is 0 Å². The fraction of sp³-hybridized carbons (Fsp3) is 0.846. The van der Waals surface area contributed by atoms with Gasteiger partial charge < -0.3 is 15.2 Å². The number of rotatable bonds is 5. The van der Waals surface area contributed by atoms with Crippen LogP contribution in [0.2, 0.25) is 0 Å². The second kappa shape index (κ2) is 3.95. The second-order valence-electron chi connectivity index (χ2n) is 5.89. The van der Waals surface area contributed by atoms with Crippen molar-refractivity contribution in [1.29, 1.82) is 0 Å². The smallest absolute Gasteiger partial charge is 0.303 e. The third-order valence-corrected chi connectivity index (χ3v) is 5.03. The van der Waals surface area contributed by atoms with E-state index in [1.807, 2.05) is 0 Å². The molecular weight excluding hydrogens is 234 g/mol. The van der Waals surface area contributed by atoms with E-state index >= 15 is 0 Å². The zero-order valence-electron chi connectivity index (χ0n) is 10.4. The van der Waals surface area contributed by atoms with E-state index in [1.165, 1.54) is 6.42 Å². The number of amides is 1. The molecule has 1 heterocycles. The van der Waals surface area contributed by atoms with Crippen molar-refractivity contribution in [2.45, 2.75) is 44.1 Å². The van der Waals surface area contributed by atoms with Crippen molar-refractivity contribution < 1.29 is 19.4 Å². The molecule has 2 unspecified atom stereocenters. The molecule has 1 amide bonds. The number of carboxylic acid groups (broad SMARTS) is 1. The standard InChI is InChI=1S/C13H19NO4/c15-10(2-3-11(16)17)14-8-12-6-9(12)7-18-13(12)4-1-5-13/h9H,1-8H2,(H,14,15)(H,16,17). The molecule has 5 nitrogen and oxygen atoms in total. The topological polar surface area (TPSA) is 75.6 Å². The van der Waals surface area contributed by atoms with Crippen LogP contribution in [0.25, 0.3) is 0 Å². The highest BCUT2D eigenvalue weighted by atomic mass is 16.5. The van der Waals surface area contributed by atoms with Crippen molar-refractivity contribution in [2.24, 2.45) is 11.3 Å². The SMILES string of the molecule is O=C(O)CCC(=O)NCC12CC1COC21CCC1. The van der Waals surface area contributed by atoms with Crippen molar-refractivity contribution in [3.05, 3.63) is 0 Å². The van der Waals surface area contributed by atoms with E-state index in [2.05, 4.69) is 5.32 Å². The van der Waals surface area contributed by atoms with Crippen LogP contribution >= 0.6 is 0 Å². The zero-order valence-corrected chi connectivity index (χ0v) is 10.4. The fourth-order valence-corrected chi connectivity index (χ4v) is 3.64. The third kappa shape index (κ3) is 1.64. The number of aliphatic carboxylic acids is 1. The van der Waals surface area contributed by atoms with Gasteiger partial charge in [0.15, 0.2) is 0 Å². The average molecular weight is 253 g/mol. The van der Waals surface area contributed by atoms with Crippen molar-refractivity contribution in [1.82, 2.24) is 5.32 Å². The molecule has 1 spiro atoms. The molecule has 3 rings (SSSR count). The zero-order chi connectivity index (χ0) is 12.8. The van der Waals surface area contributed by atoms with Crippen LogP contribution in [0.5, 0.6) is 0 Å². The van der Waals surface area contributed by atoms with Crippen LogP contribution in [0.3, 0.4) is 0 Å². The monoisotopic (exact) mass is 253 g/mol. The summed E-state index contributed by atoms with van der Waals surface area (Å²) in [5.74, 6) is -0.469. The van der Waals surface area contributed by atoms with Gasteiger partial charge in [0.1, 0.15) is 0 Å². The lowest BCUT2D eigenvalue weighted by Gasteiger charge is -2.45. The summed E-state index contributed by atoms with van der Waals surface area (Å²) in [5.41, 5.74) is 0.210. The maximum atomic E-state index is 11.6. The lowest BCUT2D eigenvalue weighted by molar-refractivity contribution is -0.139. The first-order valence-corrected chi connectivity index (χ1v) is 6.70. The van der Waals surface area contributed by atoms with Crippen molar-refractivity contribution >= 4 is 11.9 Å². The molecule has 0 aromatic carbocycles. The maximum Gasteiger partial charge on any atom is 0.303 e. The number of carbonyl (C=O) groups excluding carboxylic acids is 1. The summed E-state index contributed by atoms with van der Waals surface area (Å²) in [6.45, 7) is 1.50. The van der Waals surface area contributed by atoms with E-state index in [0.717, 1.165) is 25.9 Å². The fourth-order valence-electron chi connectivity index (χ4n) is 3.64. The van der Waals surface area contributed by atoms with Gasteiger partial charge in [0, 0.05) is 18.4 Å². The number of ether oxygens (including phenoxy) is 1. The molecule has 1 saturated heterocycles. The van der Waals surface area contributed by atoms with Gasteiger partial charge in [-0.2, -0.15) is 0 Å². The largest absolute Gasteiger partial charge is 0.481 e. The van der Waals surface area contributed by atoms with Gasteiger partial charge in [-0.1, -0.05) is 0 Å². The highest BCUT2D eigenvalue weighted by molar-refractivity contribution is 5.80. The summed E-state index contributed by atoms with van der Waals surface area (Å²) < 4.78 is 5.93. The van der Waals surface area contributed by atoms with Crippen molar-refractivity contribution in [2.75, 3.05) is 13.2 Å². The summed E-state index contributed by atoms with van der Waals surface area (Å²) in [5, 5.41) is 11.4. The van der Waals surface area contributed by atoms with Crippen LogP contribution in [-0.2, 0) is 14.3 Å². The first kappa shape index (κ1) is 12.0. The number of hydrogen-bond donors (Lipinski definition) is 2. The predicted octanol–water partition coefficient (Wildman–Crippen LogP) is 0.927. The minimum Gasteiger partial charge on any atom is -0.481 e. The molecule has 2 atom stereocenters. The Kier molecular flexibility index (Phi) is 2.62. The number of carboxylic acids is 1. The van der Waals surface area contributed by atoms with Crippen LogP contribution in [0.1, 0.15) is 38.5 Å². The Hall–Kier alpha value is -1.10. The number of fused-ring (bicyclic) bond motifs is 2. The Balaban J connectivity index is 1.51. The molecule has 0 radical (unpaired) electrons. The Morgan fingerprint density at radius 1 is 1.33 bits per heavy atom. The Morgan fingerprint density at radius 3 is 2.67 bits per heavy atom. The summed E-state index contributed by atoms with van der Waals surface area (Å²) in [4.78, 5) is 22.0. The molecule has 2 N–H and O–H groups in total. The van der Waals surface area contributed by atoms with E-state index in [0.29, 0.717) is 12.5 Å². The van der Waals surface area contributed by atoms with Gasteiger partial charge in [-0.3, -0.25) is 9.59 Å². The van der Waals surface area contributed by atoms with E-state index < -0.39 is 5.97 Å². The number of nitrogens with one attached hydrogen (secondary N) is 1.